The first kappa shape index (κ1) is 16.6. The molecule has 1 aliphatic carbocycles. The number of carbonyl (C=O) groups excluding carboxylic acids is 1. The summed E-state index contributed by atoms with van der Waals surface area (Å²) in [6, 6.07) is 9.25. The molecule has 2 heterocycles. The van der Waals surface area contributed by atoms with E-state index in [1.807, 2.05) is 18.2 Å². The summed E-state index contributed by atoms with van der Waals surface area (Å²) in [6.07, 6.45) is 4.67. The molecule has 1 aromatic carbocycles. The number of aromatic nitrogens is 1. The molecule has 1 aromatic heterocycles. The highest BCUT2D eigenvalue weighted by atomic mass is 16.5. The fraction of sp³-hybridized carbons (Fsp3) is 0.350. The van der Waals surface area contributed by atoms with Gasteiger partial charge in [-0.25, -0.2) is 0 Å². The lowest BCUT2D eigenvalue weighted by Gasteiger charge is -2.37. The molecule has 0 spiro atoms. The van der Waals surface area contributed by atoms with Crippen LogP contribution in [0.25, 0.3) is 11.3 Å². The average Bonchev–Trinajstić information content (AvgIpc) is 2.80. The molecule has 6 heteroatoms. The number of carboxylic acid groups (broad SMARTS) is 1. The number of fused-ring (bicyclic) bond motifs is 1. The molecule has 0 saturated heterocycles. The van der Waals surface area contributed by atoms with Crippen molar-refractivity contribution < 1.29 is 19.4 Å². The van der Waals surface area contributed by atoms with E-state index in [1.54, 1.807) is 18.3 Å². The van der Waals surface area contributed by atoms with Crippen molar-refractivity contribution in [2.75, 3.05) is 13.2 Å². The molecular weight excluding hydrogens is 332 g/mol. The van der Waals surface area contributed by atoms with Gasteiger partial charge in [-0.1, -0.05) is 12.5 Å². The van der Waals surface area contributed by atoms with Crippen LogP contribution in [0.15, 0.2) is 36.5 Å². The van der Waals surface area contributed by atoms with Crippen molar-refractivity contribution in [3.05, 3.63) is 47.7 Å². The molecule has 0 bridgehead atoms. The van der Waals surface area contributed by atoms with E-state index in [9.17, 15) is 14.7 Å². The van der Waals surface area contributed by atoms with Crippen molar-refractivity contribution in [1.29, 1.82) is 0 Å². The molecule has 0 unspecified atom stereocenters. The quantitative estimate of drug-likeness (QED) is 0.883. The second-order valence-corrected chi connectivity index (χ2v) is 6.98. The van der Waals surface area contributed by atoms with Gasteiger partial charge in [0.15, 0.2) is 0 Å². The van der Waals surface area contributed by atoms with E-state index in [0.29, 0.717) is 30.9 Å². The molecular formula is C20H20N2O4. The van der Waals surface area contributed by atoms with E-state index >= 15 is 0 Å². The highest BCUT2D eigenvalue weighted by molar-refractivity contribution is 5.98. The summed E-state index contributed by atoms with van der Waals surface area (Å²) in [5.74, 6) is -0.289. The third kappa shape index (κ3) is 2.92. The van der Waals surface area contributed by atoms with Gasteiger partial charge < -0.3 is 15.2 Å². The zero-order valence-corrected chi connectivity index (χ0v) is 14.3. The molecule has 4 rings (SSSR count). The van der Waals surface area contributed by atoms with Crippen LogP contribution >= 0.6 is 0 Å². The van der Waals surface area contributed by atoms with Crippen LogP contribution in [0, 0.1) is 5.41 Å². The second-order valence-electron chi connectivity index (χ2n) is 6.98. The second kappa shape index (κ2) is 6.44. The summed E-state index contributed by atoms with van der Waals surface area (Å²) in [6.45, 7) is 0.942. The summed E-state index contributed by atoms with van der Waals surface area (Å²) >= 11 is 0. The Kier molecular flexibility index (Phi) is 4.11. The SMILES string of the molecule is O=C1NCCOc2ccc(-c3ccc(CC4(C(=O)O)CCC4)cn3)cc21. The number of benzene rings is 1. The Morgan fingerprint density at radius 2 is 2.12 bits per heavy atom. The topological polar surface area (TPSA) is 88.5 Å². The summed E-state index contributed by atoms with van der Waals surface area (Å²) < 4.78 is 5.57. The van der Waals surface area contributed by atoms with Crippen LogP contribution in [0.2, 0.25) is 0 Å². The zero-order valence-electron chi connectivity index (χ0n) is 14.3. The molecule has 26 heavy (non-hydrogen) atoms. The fourth-order valence-corrected chi connectivity index (χ4v) is 3.57. The average molecular weight is 352 g/mol. The minimum atomic E-state index is -0.718. The lowest BCUT2D eigenvalue weighted by atomic mass is 9.65. The monoisotopic (exact) mass is 352 g/mol. The van der Waals surface area contributed by atoms with Gasteiger partial charge in [-0.2, -0.15) is 0 Å². The smallest absolute Gasteiger partial charge is 0.309 e. The number of pyridine rings is 1. The van der Waals surface area contributed by atoms with Crippen LogP contribution < -0.4 is 10.1 Å². The molecule has 0 atom stereocenters. The number of rotatable bonds is 4. The fourth-order valence-electron chi connectivity index (χ4n) is 3.57. The number of amides is 1. The molecule has 134 valence electrons. The molecule has 2 N–H and O–H groups in total. The molecule has 1 aliphatic heterocycles. The van der Waals surface area contributed by atoms with E-state index in [0.717, 1.165) is 36.1 Å². The van der Waals surface area contributed by atoms with Crippen LogP contribution in [0.4, 0.5) is 0 Å². The minimum Gasteiger partial charge on any atom is -0.491 e. The van der Waals surface area contributed by atoms with Gasteiger partial charge in [0.25, 0.3) is 5.91 Å². The van der Waals surface area contributed by atoms with E-state index in [1.165, 1.54) is 0 Å². The molecule has 1 fully saturated rings. The maximum atomic E-state index is 12.1. The summed E-state index contributed by atoms with van der Waals surface area (Å²) in [5, 5.41) is 12.3. The first-order chi connectivity index (χ1) is 12.6. The van der Waals surface area contributed by atoms with Gasteiger partial charge in [0.05, 0.1) is 23.2 Å². The molecule has 2 aliphatic rings. The Labute approximate surface area is 151 Å². The van der Waals surface area contributed by atoms with Crippen molar-refractivity contribution in [3.8, 4) is 17.0 Å². The number of aliphatic carboxylic acids is 1. The van der Waals surface area contributed by atoms with Crippen molar-refractivity contribution in [1.82, 2.24) is 10.3 Å². The van der Waals surface area contributed by atoms with E-state index < -0.39 is 11.4 Å². The van der Waals surface area contributed by atoms with Gasteiger partial charge in [-0.3, -0.25) is 14.6 Å². The maximum absolute atomic E-state index is 12.1. The molecule has 6 nitrogen and oxygen atoms in total. The Bertz CT molecular complexity index is 857. The summed E-state index contributed by atoms with van der Waals surface area (Å²) in [4.78, 5) is 28.1. The lowest BCUT2D eigenvalue weighted by molar-refractivity contribution is -0.154. The predicted molar refractivity (Wildman–Crippen MR) is 95.1 cm³/mol. The maximum Gasteiger partial charge on any atom is 0.309 e. The number of hydrogen-bond acceptors (Lipinski definition) is 4. The summed E-state index contributed by atoms with van der Waals surface area (Å²) in [7, 11) is 0. The zero-order chi connectivity index (χ0) is 18.1. The normalized spacial score (nSPS) is 17.9. The van der Waals surface area contributed by atoms with Crippen LogP contribution in [0.5, 0.6) is 5.75 Å². The van der Waals surface area contributed by atoms with Crippen molar-refractivity contribution in [2.45, 2.75) is 25.7 Å². The van der Waals surface area contributed by atoms with Crippen LogP contribution in [0.1, 0.15) is 35.2 Å². The Hall–Kier alpha value is -2.89. The van der Waals surface area contributed by atoms with E-state index in [-0.39, 0.29) is 5.91 Å². The molecule has 1 amide bonds. The number of hydrogen-bond donors (Lipinski definition) is 2. The molecule has 2 aromatic rings. The van der Waals surface area contributed by atoms with Gasteiger partial charge in [-0.15, -0.1) is 0 Å². The Balaban J connectivity index is 1.57. The van der Waals surface area contributed by atoms with Crippen LogP contribution in [0.3, 0.4) is 0 Å². The Morgan fingerprint density at radius 1 is 1.27 bits per heavy atom. The largest absolute Gasteiger partial charge is 0.491 e. The van der Waals surface area contributed by atoms with Gasteiger partial charge in [0.2, 0.25) is 0 Å². The minimum absolute atomic E-state index is 0.149. The first-order valence-electron chi connectivity index (χ1n) is 8.81. The van der Waals surface area contributed by atoms with Gasteiger partial charge in [0, 0.05) is 11.8 Å². The number of carboxylic acids is 1. The summed E-state index contributed by atoms with van der Waals surface area (Å²) in [5.41, 5.74) is 2.37. The number of carbonyl (C=O) groups is 2. The predicted octanol–water partition coefficient (Wildman–Crippen LogP) is 2.67. The first-order valence-corrected chi connectivity index (χ1v) is 8.81. The van der Waals surface area contributed by atoms with Gasteiger partial charge in [0.1, 0.15) is 12.4 Å². The highest BCUT2D eigenvalue weighted by Gasteiger charge is 2.44. The number of ether oxygens (including phenoxy) is 1. The third-order valence-corrected chi connectivity index (χ3v) is 5.30. The van der Waals surface area contributed by atoms with Crippen molar-refractivity contribution in [3.63, 3.8) is 0 Å². The van der Waals surface area contributed by atoms with Crippen LogP contribution in [-0.4, -0.2) is 35.1 Å². The highest BCUT2D eigenvalue weighted by Crippen LogP contribution is 2.44. The third-order valence-electron chi connectivity index (χ3n) is 5.30. The molecule has 0 radical (unpaired) electrons. The standard InChI is InChI=1S/C20H20N2O4/c23-18-15-10-14(3-5-17(15)26-9-8-21-18)16-4-2-13(12-22-16)11-20(19(24)25)6-1-7-20/h2-5,10,12H,1,6-9,11H2,(H,21,23)(H,24,25). The molecule has 1 saturated carbocycles. The number of nitrogens with zero attached hydrogens (tertiary/aromatic N) is 1. The lowest BCUT2D eigenvalue weighted by Crippen LogP contribution is -2.39. The number of nitrogens with one attached hydrogen (secondary N) is 1. The van der Waals surface area contributed by atoms with Crippen molar-refractivity contribution in [2.24, 2.45) is 5.41 Å². The van der Waals surface area contributed by atoms with E-state index in [4.69, 9.17) is 4.74 Å². The van der Waals surface area contributed by atoms with Gasteiger partial charge >= 0.3 is 5.97 Å². The van der Waals surface area contributed by atoms with E-state index in [2.05, 4.69) is 10.3 Å². The van der Waals surface area contributed by atoms with Crippen LogP contribution in [-0.2, 0) is 11.2 Å². The Morgan fingerprint density at radius 3 is 2.77 bits per heavy atom. The van der Waals surface area contributed by atoms with Crippen molar-refractivity contribution >= 4 is 11.9 Å². The van der Waals surface area contributed by atoms with Gasteiger partial charge in [-0.05, 0) is 49.1 Å².